The van der Waals surface area contributed by atoms with Gasteiger partial charge in [0.15, 0.2) is 0 Å². The normalized spacial score (nSPS) is 10.9. The van der Waals surface area contributed by atoms with E-state index >= 15 is 0 Å². The predicted molar refractivity (Wildman–Crippen MR) is 71.2 cm³/mol. The minimum Gasteiger partial charge on any atom is -0.319 e. The Morgan fingerprint density at radius 1 is 1.39 bits per heavy atom. The second-order valence-electron chi connectivity index (χ2n) is 4.13. The van der Waals surface area contributed by atoms with Crippen molar-refractivity contribution >= 4 is 11.6 Å². The molecule has 0 amide bonds. The topological polar surface area (TPSA) is 29.9 Å². The van der Waals surface area contributed by atoms with E-state index in [1.54, 1.807) is 16.8 Å². The third-order valence-corrected chi connectivity index (χ3v) is 3.07. The molecule has 3 nitrogen and oxygen atoms in total. The number of nitrogens with zero attached hydrogens (tertiary/aromatic N) is 2. The summed E-state index contributed by atoms with van der Waals surface area (Å²) >= 11 is 5.79. The molecule has 0 saturated heterocycles. The van der Waals surface area contributed by atoms with E-state index in [0.29, 0.717) is 0 Å². The molecule has 5 heteroatoms. The largest absolute Gasteiger partial charge is 0.319 e. The zero-order chi connectivity index (χ0) is 13.1. The third-order valence-electron chi connectivity index (χ3n) is 2.78. The van der Waals surface area contributed by atoms with Crippen LogP contribution < -0.4 is 5.32 Å². The van der Waals surface area contributed by atoms with Gasteiger partial charge in [0.2, 0.25) is 0 Å². The molecule has 1 aromatic heterocycles. The molecule has 1 aromatic carbocycles. The molecule has 0 fully saturated rings. The van der Waals surface area contributed by atoms with Crippen molar-refractivity contribution in [1.82, 2.24) is 15.1 Å². The number of aromatic nitrogens is 2. The van der Waals surface area contributed by atoms with Crippen LogP contribution in [0.5, 0.6) is 0 Å². The fourth-order valence-corrected chi connectivity index (χ4v) is 2.01. The Hall–Kier alpha value is -1.39. The minimum atomic E-state index is -0.405. The summed E-state index contributed by atoms with van der Waals surface area (Å²) in [5, 5.41) is 7.63. The molecule has 0 bridgehead atoms. The molecular weight excluding hydrogens is 253 g/mol. The van der Waals surface area contributed by atoms with Gasteiger partial charge in [0.1, 0.15) is 5.82 Å². The van der Waals surface area contributed by atoms with E-state index in [1.165, 1.54) is 6.07 Å². The fourth-order valence-electron chi connectivity index (χ4n) is 1.83. The zero-order valence-corrected chi connectivity index (χ0v) is 11.1. The highest BCUT2D eigenvalue weighted by molar-refractivity contribution is 6.31. The average molecular weight is 268 g/mol. The van der Waals surface area contributed by atoms with Crippen molar-refractivity contribution < 1.29 is 4.39 Å². The molecule has 1 N–H and O–H groups in total. The van der Waals surface area contributed by atoms with Crippen molar-refractivity contribution in [3.63, 3.8) is 0 Å². The second kappa shape index (κ2) is 5.50. The number of halogens is 2. The molecule has 0 aliphatic carbocycles. The van der Waals surface area contributed by atoms with E-state index in [4.69, 9.17) is 11.6 Å². The van der Waals surface area contributed by atoms with Gasteiger partial charge in [0.05, 0.1) is 16.4 Å². The number of benzene rings is 1. The molecular formula is C13H15ClFN3. The summed E-state index contributed by atoms with van der Waals surface area (Å²) in [6.45, 7) is 0.876. The van der Waals surface area contributed by atoms with Crippen LogP contribution in [0.1, 0.15) is 5.69 Å². The summed E-state index contributed by atoms with van der Waals surface area (Å²) in [5.74, 6) is -0.405. The molecule has 0 radical (unpaired) electrons. The number of rotatable bonds is 4. The van der Waals surface area contributed by atoms with Crippen molar-refractivity contribution in [2.75, 3.05) is 13.6 Å². The summed E-state index contributed by atoms with van der Waals surface area (Å²) < 4.78 is 14.9. The Bertz CT molecular complexity index is 551. The van der Waals surface area contributed by atoms with Crippen LogP contribution in [-0.2, 0) is 13.5 Å². The lowest BCUT2D eigenvalue weighted by atomic mass is 10.1. The second-order valence-corrected chi connectivity index (χ2v) is 4.53. The van der Waals surface area contributed by atoms with Crippen LogP contribution in [0.25, 0.3) is 11.3 Å². The zero-order valence-electron chi connectivity index (χ0n) is 10.4. The van der Waals surface area contributed by atoms with Crippen molar-refractivity contribution in [3.05, 3.63) is 40.8 Å². The molecule has 0 saturated carbocycles. The summed E-state index contributed by atoms with van der Waals surface area (Å²) in [6, 6.07) is 6.70. The Morgan fingerprint density at radius 2 is 2.17 bits per heavy atom. The van der Waals surface area contributed by atoms with Gasteiger partial charge in [0.25, 0.3) is 0 Å². The van der Waals surface area contributed by atoms with E-state index in [9.17, 15) is 4.39 Å². The van der Waals surface area contributed by atoms with Crippen LogP contribution >= 0.6 is 11.6 Å². The summed E-state index contributed by atoms with van der Waals surface area (Å²) in [5.41, 5.74) is 2.80. The smallest absolute Gasteiger partial charge is 0.141 e. The molecule has 2 rings (SSSR count). The standard InChI is InChI=1S/C13H15ClFN3/c1-16-6-5-10-8-13(18(2)17-10)9-3-4-12(15)11(14)7-9/h3-4,7-8,16H,5-6H2,1-2H3. The van der Waals surface area contributed by atoms with E-state index in [2.05, 4.69) is 10.4 Å². The van der Waals surface area contributed by atoms with Gasteiger partial charge in [-0.3, -0.25) is 4.68 Å². The summed E-state index contributed by atoms with van der Waals surface area (Å²) in [4.78, 5) is 0. The first-order chi connectivity index (χ1) is 8.61. The lowest BCUT2D eigenvalue weighted by Gasteiger charge is -2.02. The highest BCUT2D eigenvalue weighted by Crippen LogP contribution is 2.25. The van der Waals surface area contributed by atoms with Crippen molar-refractivity contribution in [2.45, 2.75) is 6.42 Å². The number of hydrogen-bond donors (Lipinski definition) is 1. The van der Waals surface area contributed by atoms with Gasteiger partial charge in [-0.25, -0.2) is 4.39 Å². The lowest BCUT2D eigenvalue weighted by molar-refractivity contribution is 0.628. The van der Waals surface area contributed by atoms with Crippen molar-refractivity contribution in [3.8, 4) is 11.3 Å². The van der Waals surface area contributed by atoms with Crippen molar-refractivity contribution in [1.29, 1.82) is 0 Å². The van der Waals surface area contributed by atoms with Crippen LogP contribution in [0.4, 0.5) is 4.39 Å². The fraction of sp³-hybridized carbons (Fsp3) is 0.308. The average Bonchev–Trinajstić information content (AvgIpc) is 2.71. The summed E-state index contributed by atoms with van der Waals surface area (Å²) in [6.07, 6.45) is 0.860. The Kier molecular flexibility index (Phi) is 3.99. The van der Waals surface area contributed by atoms with Crippen LogP contribution in [0.3, 0.4) is 0 Å². The molecule has 2 aromatic rings. The molecule has 0 aliphatic rings. The molecule has 18 heavy (non-hydrogen) atoms. The van der Waals surface area contributed by atoms with Crippen molar-refractivity contribution in [2.24, 2.45) is 7.05 Å². The molecule has 96 valence electrons. The summed E-state index contributed by atoms with van der Waals surface area (Å²) in [7, 11) is 3.78. The third kappa shape index (κ3) is 2.71. The maximum Gasteiger partial charge on any atom is 0.141 e. The highest BCUT2D eigenvalue weighted by atomic mass is 35.5. The van der Waals surface area contributed by atoms with Gasteiger partial charge in [-0.15, -0.1) is 0 Å². The van der Waals surface area contributed by atoms with Crippen LogP contribution in [0.2, 0.25) is 5.02 Å². The van der Waals surface area contributed by atoms with Gasteiger partial charge in [0, 0.05) is 25.6 Å². The maximum atomic E-state index is 13.1. The SMILES string of the molecule is CNCCc1cc(-c2ccc(F)c(Cl)c2)n(C)n1. The first-order valence-corrected chi connectivity index (χ1v) is 6.12. The van der Waals surface area contributed by atoms with Gasteiger partial charge < -0.3 is 5.32 Å². The van der Waals surface area contributed by atoms with E-state index < -0.39 is 5.82 Å². The first-order valence-electron chi connectivity index (χ1n) is 5.74. The predicted octanol–water partition coefficient (Wildman–Crippen LogP) is 2.64. The Morgan fingerprint density at radius 3 is 2.83 bits per heavy atom. The van der Waals surface area contributed by atoms with E-state index in [0.717, 1.165) is 29.9 Å². The van der Waals surface area contributed by atoms with Gasteiger partial charge in [-0.2, -0.15) is 5.10 Å². The Labute approximate surface area is 111 Å². The number of hydrogen-bond acceptors (Lipinski definition) is 2. The molecule has 0 spiro atoms. The lowest BCUT2D eigenvalue weighted by Crippen LogP contribution is -2.10. The molecule has 1 heterocycles. The first kappa shape index (κ1) is 13.1. The van der Waals surface area contributed by atoms with Crippen LogP contribution in [0.15, 0.2) is 24.3 Å². The highest BCUT2D eigenvalue weighted by Gasteiger charge is 2.09. The molecule has 0 atom stereocenters. The van der Waals surface area contributed by atoms with E-state index in [1.807, 2.05) is 20.2 Å². The number of aryl methyl sites for hydroxylation is 1. The van der Waals surface area contributed by atoms with Gasteiger partial charge in [-0.05, 0) is 31.3 Å². The maximum absolute atomic E-state index is 13.1. The van der Waals surface area contributed by atoms with Crippen LogP contribution in [0, 0.1) is 5.82 Å². The number of likely N-dealkylation sites (N-methyl/N-ethyl adjacent to an activating group) is 1. The molecule has 0 unspecified atom stereocenters. The minimum absolute atomic E-state index is 0.130. The molecule has 0 aliphatic heterocycles. The quantitative estimate of drug-likeness (QED) is 0.923. The van der Waals surface area contributed by atoms with Gasteiger partial charge >= 0.3 is 0 Å². The number of nitrogens with one attached hydrogen (secondary N) is 1. The van der Waals surface area contributed by atoms with Crippen LogP contribution in [-0.4, -0.2) is 23.4 Å². The monoisotopic (exact) mass is 267 g/mol. The van der Waals surface area contributed by atoms with E-state index in [-0.39, 0.29) is 5.02 Å². The van der Waals surface area contributed by atoms with Gasteiger partial charge in [-0.1, -0.05) is 11.6 Å². The Balaban J connectivity index is 2.32.